The van der Waals surface area contributed by atoms with Gasteiger partial charge >= 0.3 is 7.48 Å². The van der Waals surface area contributed by atoms with E-state index in [1.165, 1.54) is 13.8 Å². The van der Waals surface area contributed by atoms with Gasteiger partial charge in [0.15, 0.2) is 11.5 Å². The van der Waals surface area contributed by atoms with Crippen LogP contribution in [0.2, 0.25) is 0 Å². The molecule has 2 nitrogen and oxygen atoms in total. The molecule has 1 aromatic carbocycles. The first-order chi connectivity index (χ1) is 8.09. The fourth-order valence-electron chi connectivity index (χ4n) is 1.40. The Hall–Kier alpha value is -1.16. The Morgan fingerprint density at radius 2 is 1.61 bits per heavy atom. The summed E-state index contributed by atoms with van der Waals surface area (Å²) in [6, 6.07) is 6.88. The molecule has 0 saturated heterocycles. The largest absolute Gasteiger partial charge is 0.430 e. The Morgan fingerprint density at radius 3 is 2.00 bits per heavy atom. The fraction of sp³-hybridized carbons (Fsp3) is 0.500. The van der Waals surface area contributed by atoms with E-state index in [1.54, 1.807) is 24.3 Å². The summed E-state index contributed by atoms with van der Waals surface area (Å²) in [5, 5.41) is 0. The van der Waals surface area contributed by atoms with E-state index in [0.29, 0.717) is 13.0 Å². The van der Waals surface area contributed by atoms with Gasteiger partial charge < -0.3 is 4.65 Å². The maximum atomic E-state index is 13.5. The number of benzene rings is 1. The van der Waals surface area contributed by atoms with Crippen LogP contribution in [0.1, 0.15) is 45.0 Å². The molecule has 1 rings (SSSR count). The number of rotatable bonds is 4. The van der Waals surface area contributed by atoms with Gasteiger partial charge in [-0.05, 0) is 34.6 Å². The number of hydrogen-bond acceptors (Lipinski definition) is 2. The van der Waals surface area contributed by atoms with Crippen molar-refractivity contribution in [2.24, 2.45) is 0 Å². The first-order valence-electron chi connectivity index (χ1n) is 6.06. The molecule has 0 saturated carbocycles. The van der Waals surface area contributed by atoms with Crippen LogP contribution in [0, 0.1) is 0 Å². The lowest BCUT2D eigenvalue weighted by molar-refractivity contribution is 0.0760. The molecule has 18 heavy (non-hydrogen) atoms. The molecular formula is C14H20BFO2. The lowest BCUT2D eigenvalue weighted by Crippen LogP contribution is -2.29. The van der Waals surface area contributed by atoms with E-state index in [4.69, 9.17) is 4.65 Å². The lowest BCUT2D eigenvalue weighted by Gasteiger charge is -2.19. The van der Waals surface area contributed by atoms with Crippen LogP contribution in [0.3, 0.4) is 0 Å². The average Bonchev–Trinajstić information content (AvgIpc) is 2.24. The quantitative estimate of drug-likeness (QED) is 0.606. The van der Waals surface area contributed by atoms with E-state index < -0.39 is 11.5 Å². The average molecular weight is 250 g/mol. The van der Waals surface area contributed by atoms with E-state index in [2.05, 4.69) is 0 Å². The summed E-state index contributed by atoms with van der Waals surface area (Å²) in [7, 11) is 0.483. The maximum Gasteiger partial charge on any atom is 0.309 e. The molecule has 0 N–H and O–H groups in total. The predicted molar refractivity (Wildman–Crippen MR) is 73.6 cm³/mol. The van der Waals surface area contributed by atoms with Gasteiger partial charge in [0.2, 0.25) is 0 Å². The van der Waals surface area contributed by atoms with Crippen molar-refractivity contribution < 1.29 is 13.8 Å². The molecule has 0 aliphatic rings. The molecule has 0 aliphatic carbocycles. The lowest BCUT2D eigenvalue weighted by atomic mass is 9.85. The van der Waals surface area contributed by atoms with Gasteiger partial charge in [-0.2, -0.15) is 0 Å². The molecule has 4 heteroatoms. The Bertz CT molecular complexity index is 413. The van der Waals surface area contributed by atoms with Crippen molar-refractivity contribution in [2.75, 3.05) is 0 Å². The highest BCUT2D eigenvalue weighted by atomic mass is 19.1. The van der Waals surface area contributed by atoms with E-state index in [9.17, 15) is 9.18 Å². The molecule has 0 aromatic heterocycles. The van der Waals surface area contributed by atoms with Crippen LogP contribution >= 0.6 is 0 Å². The summed E-state index contributed by atoms with van der Waals surface area (Å²) in [5.41, 5.74) is -0.668. The van der Waals surface area contributed by atoms with Crippen molar-refractivity contribution >= 4 is 18.7 Å². The molecule has 0 atom stereocenters. The van der Waals surface area contributed by atoms with E-state index in [-0.39, 0.29) is 5.60 Å². The van der Waals surface area contributed by atoms with Crippen molar-refractivity contribution in [3.63, 3.8) is 0 Å². The first kappa shape index (κ1) is 14.9. The van der Waals surface area contributed by atoms with Crippen LogP contribution in [-0.4, -0.2) is 24.5 Å². The topological polar surface area (TPSA) is 26.3 Å². The summed E-state index contributed by atoms with van der Waals surface area (Å²) in [4.78, 5) is 11.7. The third-order valence-corrected chi connectivity index (χ3v) is 2.43. The SMILES string of the molecule is CC(C)(C)OBc1ccc(C(=O)C(C)(C)F)cc1. The summed E-state index contributed by atoms with van der Waals surface area (Å²) in [6.45, 7) is 8.49. The number of carbonyl (C=O) groups is 1. The second-order valence-corrected chi connectivity index (χ2v) is 5.90. The standard InChI is InChI=1S/C14H20BFO2/c1-13(2,3)18-15-11-8-6-10(7-9-11)12(17)14(4,5)16/h6-9,15H,1-5H3. The molecule has 0 bridgehead atoms. The molecule has 0 radical (unpaired) electrons. The van der Waals surface area contributed by atoms with Crippen molar-refractivity contribution in [1.29, 1.82) is 0 Å². The molecular weight excluding hydrogens is 230 g/mol. The zero-order valence-corrected chi connectivity index (χ0v) is 11.7. The second-order valence-electron chi connectivity index (χ2n) is 5.90. The molecule has 0 unspecified atom stereocenters. The molecule has 98 valence electrons. The van der Waals surface area contributed by atoms with Gasteiger partial charge in [-0.1, -0.05) is 29.7 Å². The van der Waals surface area contributed by atoms with Gasteiger partial charge in [-0.3, -0.25) is 4.79 Å². The normalized spacial score (nSPS) is 12.3. The van der Waals surface area contributed by atoms with Gasteiger partial charge in [-0.25, -0.2) is 4.39 Å². The predicted octanol–water partition coefficient (Wildman–Crippen LogP) is 2.41. The molecule has 0 amide bonds. The number of Topliss-reactive ketones (excluding diaryl/α,β-unsaturated/α-hetero) is 1. The van der Waals surface area contributed by atoms with Crippen LogP contribution in [-0.2, 0) is 4.65 Å². The van der Waals surface area contributed by atoms with Crippen LogP contribution in [0.5, 0.6) is 0 Å². The minimum absolute atomic E-state index is 0.199. The monoisotopic (exact) mass is 250 g/mol. The number of carbonyl (C=O) groups excluding carboxylic acids is 1. The van der Waals surface area contributed by atoms with Crippen LogP contribution < -0.4 is 5.46 Å². The third-order valence-electron chi connectivity index (χ3n) is 2.43. The minimum Gasteiger partial charge on any atom is -0.430 e. The van der Waals surface area contributed by atoms with Crippen LogP contribution in [0.4, 0.5) is 4.39 Å². The van der Waals surface area contributed by atoms with Gasteiger partial charge in [0, 0.05) is 11.2 Å². The smallest absolute Gasteiger partial charge is 0.309 e. The highest BCUT2D eigenvalue weighted by Gasteiger charge is 2.27. The summed E-state index contributed by atoms with van der Waals surface area (Å²) in [6.07, 6.45) is 0. The molecule has 0 aliphatic heterocycles. The van der Waals surface area contributed by atoms with E-state index in [1.807, 2.05) is 20.8 Å². The van der Waals surface area contributed by atoms with Crippen molar-refractivity contribution in [1.82, 2.24) is 0 Å². The van der Waals surface area contributed by atoms with Crippen molar-refractivity contribution in [2.45, 2.75) is 45.9 Å². The number of alkyl halides is 1. The Balaban J connectivity index is 2.72. The number of halogens is 1. The molecule has 1 aromatic rings. The minimum atomic E-state index is -1.83. The summed E-state index contributed by atoms with van der Waals surface area (Å²) >= 11 is 0. The van der Waals surface area contributed by atoms with Crippen molar-refractivity contribution in [3.8, 4) is 0 Å². The second kappa shape index (κ2) is 5.23. The fourth-order valence-corrected chi connectivity index (χ4v) is 1.40. The third kappa shape index (κ3) is 4.61. The molecule has 0 heterocycles. The Morgan fingerprint density at radius 1 is 1.11 bits per heavy atom. The van der Waals surface area contributed by atoms with E-state index >= 15 is 0 Å². The summed E-state index contributed by atoms with van der Waals surface area (Å²) < 4.78 is 19.1. The zero-order valence-electron chi connectivity index (χ0n) is 11.7. The number of ketones is 1. The Kier molecular flexibility index (Phi) is 4.33. The van der Waals surface area contributed by atoms with E-state index in [0.717, 1.165) is 5.46 Å². The molecule has 0 fully saturated rings. The first-order valence-corrected chi connectivity index (χ1v) is 6.06. The Labute approximate surface area is 109 Å². The van der Waals surface area contributed by atoms with Crippen molar-refractivity contribution in [3.05, 3.63) is 29.8 Å². The highest BCUT2D eigenvalue weighted by Crippen LogP contribution is 2.16. The van der Waals surface area contributed by atoms with Gasteiger partial charge in [0.1, 0.15) is 0 Å². The van der Waals surface area contributed by atoms with Gasteiger partial charge in [-0.15, -0.1) is 0 Å². The maximum absolute atomic E-state index is 13.5. The van der Waals surface area contributed by atoms with Gasteiger partial charge in [0.05, 0.1) is 0 Å². The van der Waals surface area contributed by atoms with Crippen LogP contribution in [0.15, 0.2) is 24.3 Å². The number of hydrogen-bond donors (Lipinski definition) is 0. The highest BCUT2D eigenvalue weighted by molar-refractivity contribution is 6.47. The van der Waals surface area contributed by atoms with Gasteiger partial charge in [0.25, 0.3) is 0 Å². The van der Waals surface area contributed by atoms with Crippen LogP contribution in [0.25, 0.3) is 0 Å². The molecule has 0 spiro atoms. The summed E-state index contributed by atoms with van der Waals surface area (Å²) in [5.74, 6) is -0.495. The zero-order chi connectivity index (χ0) is 14.0.